The fraction of sp³-hybridized carbons (Fsp3) is 0.125. The molecule has 0 aliphatic heterocycles. The van der Waals surface area contributed by atoms with Crippen LogP contribution in [0.5, 0.6) is 0 Å². The van der Waals surface area contributed by atoms with Crippen LogP contribution in [0.1, 0.15) is 11.1 Å². The maximum atomic E-state index is 11.0. The van der Waals surface area contributed by atoms with Crippen LogP contribution >= 0.6 is 0 Å². The van der Waals surface area contributed by atoms with E-state index in [0.717, 1.165) is 17.4 Å². The van der Waals surface area contributed by atoms with Gasteiger partial charge in [-0.05, 0) is 11.1 Å². The number of aliphatic imine (C=N–C) groups is 1. The largest absolute Gasteiger partial charge is 0.301 e. The average Bonchev–Trinajstić information content (AvgIpc) is 2.45. The second kappa shape index (κ2) is 6.50. The Morgan fingerprint density at radius 3 is 2.17 bits per heavy atom. The highest BCUT2D eigenvalue weighted by Gasteiger charge is 2.04. The minimum atomic E-state index is -0.312. The molecule has 2 rings (SSSR count). The van der Waals surface area contributed by atoms with Crippen molar-refractivity contribution in [3.8, 4) is 0 Å². The Labute approximate surface area is 107 Å². The molecule has 0 fully saturated rings. The number of carbonyl (C=O) groups is 1. The van der Waals surface area contributed by atoms with Crippen LogP contribution in [-0.2, 0) is 11.2 Å². The minimum absolute atomic E-state index is 0.312. The molecule has 18 heavy (non-hydrogen) atoms. The highest BCUT2D eigenvalue weighted by Crippen LogP contribution is 2.05. The van der Waals surface area contributed by atoms with Crippen molar-refractivity contribution in [1.82, 2.24) is 0 Å². The van der Waals surface area contributed by atoms with Crippen molar-refractivity contribution in [3.63, 3.8) is 0 Å². The molecule has 2 nitrogen and oxygen atoms in total. The molecule has 2 aromatic carbocycles. The summed E-state index contributed by atoms with van der Waals surface area (Å²) in [5.74, 6) is 0. The fourth-order valence-electron chi connectivity index (χ4n) is 1.71. The Kier molecular flexibility index (Phi) is 4.42. The van der Waals surface area contributed by atoms with Gasteiger partial charge in [0.15, 0.2) is 0 Å². The maximum Gasteiger partial charge on any atom is 0.144 e. The van der Waals surface area contributed by atoms with Crippen LogP contribution in [0.4, 0.5) is 0 Å². The molecule has 90 valence electrons. The van der Waals surface area contributed by atoms with Gasteiger partial charge in [0, 0.05) is 12.6 Å². The molecule has 0 aliphatic carbocycles. The molecule has 0 bridgehead atoms. The molecule has 0 radical (unpaired) electrons. The van der Waals surface area contributed by atoms with Crippen LogP contribution in [0.25, 0.3) is 0 Å². The normalized spacial score (nSPS) is 12.4. The Balaban J connectivity index is 2.02. The molecular weight excluding hydrogens is 222 g/mol. The number of carbonyl (C=O) groups excluding carboxylic acids is 1. The number of aldehydes is 1. The van der Waals surface area contributed by atoms with Crippen molar-refractivity contribution >= 4 is 12.5 Å². The predicted molar refractivity (Wildman–Crippen MR) is 74.0 cm³/mol. The fourth-order valence-corrected chi connectivity index (χ4v) is 1.71. The molecule has 0 heterocycles. The molecule has 0 aliphatic rings. The molecule has 0 N–H and O–H groups in total. The lowest BCUT2D eigenvalue weighted by molar-refractivity contribution is -0.108. The summed E-state index contributed by atoms with van der Waals surface area (Å²) < 4.78 is 0. The first-order valence-corrected chi connectivity index (χ1v) is 5.96. The molecule has 0 unspecified atom stereocenters. The number of nitrogens with zero attached hydrogens (tertiary/aromatic N) is 1. The molecule has 0 saturated heterocycles. The second-order valence-electron chi connectivity index (χ2n) is 4.08. The van der Waals surface area contributed by atoms with E-state index in [-0.39, 0.29) is 6.04 Å². The van der Waals surface area contributed by atoms with E-state index in [1.807, 2.05) is 60.7 Å². The summed E-state index contributed by atoms with van der Waals surface area (Å²) in [7, 11) is 0. The zero-order valence-electron chi connectivity index (χ0n) is 10.1. The van der Waals surface area contributed by atoms with E-state index in [9.17, 15) is 4.79 Å². The molecule has 0 amide bonds. The van der Waals surface area contributed by atoms with Crippen molar-refractivity contribution in [3.05, 3.63) is 71.8 Å². The van der Waals surface area contributed by atoms with E-state index in [1.54, 1.807) is 6.21 Å². The first-order chi connectivity index (χ1) is 8.88. The third kappa shape index (κ3) is 3.67. The van der Waals surface area contributed by atoms with Crippen LogP contribution in [0.3, 0.4) is 0 Å². The van der Waals surface area contributed by atoms with Gasteiger partial charge in [-0.3, -0.25) is 4.99 Å². The lowest BCUT2D eigenvalue weighted by Gasteiger charge is -2.04. The van der Waals surface area contributed by atoms with Gasteiger partial charge >= 0.3 is 0 Å². The van der Waals surface area contributed by atoms with Crippen molar-refractivity contribution in [2.75, 3.05) is 0 Å². The van der Waals surface area contributed by atoms with Gasteiger partial charge in [0.1, 0.15) is 12.3 Å². The molecule has 0 spiro atoms. The molecule has 0 saturated carbocycles. The number of hydrogen-bond donors (Lipinski definition) is 0. The molecule has 0 aromatic heterocycles. The van der Waals surface area contributed by atoms with Crippen molar-refractivity contribution in [1.29, 1.82) is 0 Å². The van der Waals surface area contributed by atoms with Crippen LogP contribution in [-0.4, -0.2) is 18.5 Å². The summed E-state index contributed by atoms with van der Waals surface area (Å²) in [5, 5.41) is 0. The van der Waals surface area contributed by atoms with Gasteiger partial charge in [-0.2, -0.15) is 0 Å². The summed E-state index contributed by atoms with van der Waals surface area (Å²) in [4.78, 5) is 15.3. The van der Waals surface area contributed by atoms with Crippen molar-refractivity contribution in [2.24, 2.45) is 4.99 Å². The smallest absolute Gasteiger partial charge is 0.144 e. The van der Waals surface area contributed by atoms with Gasteiger partial charge in [-0.25, -0.2) is 0 Å². The third-order valence-electron chi connectivity index (χ3n) is 2.66. The highest BCUT2D eigenvalue weighted by molar-refractivity contribution is 5.81. The molecule has 1 atom stereocenters. The minimum Gasteiger partial charge on any atom is -0.301 e. The van der Waals surface area contributed by atoms with E-state index < -0.39 is 0 Å². The lowest BCUT2D eigenvalue weighted by Crippen LogP contribution is -2.10. The van der Waals surface area contributed by atoms with Crippen molar-refractivity contribution in [2.45, 2.75) is 12.5 Å². The van der Waals surface area contributed by atoms with Crippen LogP contribution in [0.2, 0.25) is 0 Å². The SMILES string of the molecule is O=C[C@@H](Cc1ccccc1)N=Cc1ccccc1. The summed E-state index contributed by atoms with van der Waals surface area (Å²) >= 11 is 0. The van der Waals surface area contributed by atoms with E-state index in [0.29, 0.717) is 6.42 Å². The first-order valence-electron chi connectivity index (χ1n) is 5.96. The third-order valence-corrected chi connectivity index (χ3v) is 2.66. The zero-order valence-corrected chi connectivity index (χ0v) is 10.1. The zero-order chi connectivity index (χ0) is 12.6. The summed E-state index contributed by atoms with van der Waals surface area (Å²) in [6.07, 6.45) is 3.29. The number of rotatable bonds is 5. The Morgan fingerprint density at radius 1 is 0.944 bits per heavy atom. The first kappa shape index (κ1) is 12.2. The quantitative estimate of drug-likeness (QED) is 0.580. The second-order valence-corrected chi connectivity index (χ2v) is 4.08. The Hall–Kier alpha value is -2.22. The summed E-state index contributed by atoms with van der Waals surface area (Å²) in [6, 6.07) is 19.4. The van der Waals surface area contributed by atoms with Gasteiger partial charge in [-0.15, -0.1) is 0 Å². The van der Waals surface area contributed by atoms with Gasteiger partial charge < -0.3 is 4.79 Å². The highest BCUT2D eigenvalue weighted by atomic mass is 16.1. The van der Waals surface area contributed by atoms with E-state index >= 15 is 0 Å². The number of hydrogen-bond acceptors (Lipinski definition) is 2. The Morgan fingerprint density at radius 2 is 1.56 bits per heavy atom. The average molecular weight is 237 g/mol. The van der Waals surface area contributed by atoms with Crippen LogP contribution in [0, 0.1) is 0 Å². The molecule has 2 aromatic rings. The van der Waals surface area contributed by atoms with Crippen molar-refractivity contribution < 1.29 is 4.79 Å². The van der Waals surface area contributed by atoms with E-state index in [2.05, 4.69) is 4.99 Å². The van der Waals surface area contributed by atoms with Crippen LogP contribution in [0.15, 0.2) is 65.7 Å². The maximum absolute atomic E-state index is 11.0. The van der Waals surface area contributed by atoms with Crippen LogP contribution < -0.4 is 0 Å². The van der Waals surface area contributed by atoms with Gasteiger partial charge in [0.2, 0.25) is 0 Å². The lowest BCUT2D eigenvalue weighted by atomic mass is 10.1. The monoisotopic (exact) mass is 237 g/mol. The van der Waals surface area contributed by atoms with E-state index in [4.69, 9.17) is 0 Å². The Bertz CT molecular complexity index is 505. The van der Waals surface area contributed by atoms with Gasteiger partial charge in [0.05, 0.1) is 0 Å². The number of benzene rings is 2. The predicted octanol–water partition coefficient (Wildman–Crippen LogP) is 2.92. The standard InChI is InChI=1S/C16H15NO/c18-13-16(11-14-7-3-1-4-8-14)17-12-15-9-5-2-6-10-15/h1-10,12-13,16H,11H2/t16-/m1/s1. The van der Waals surface area contributed by atoms with Gasteiger partial charge in [0.25, 0.3) is 0 Å². The van der Waals surface area contributed by atoms with Gasteiger partial charge in [-0.1, -0.05) is 60.7 Å². The topological polar surface area (TPSA) is 29.4 Å². The summed E-state index contributed by atoms with van der Waals surface area (Å²) in [6.45, 7) is 0. The summed E-state index contributed by atoms with van der Waals surface area (Å²) in [5.41, 5.74) is 2.14. The van der Waals surface area contributed by atoms with E-state index in [1.165, 1.54) is 0 Å². The molecular formula is C16H15NO. The molecule has 2 heteroatoms.